The molecule has 1 aliphatic carbocycles. The third-order valence-electron chi connectivity index (χ3n) is 2.66. The molecule has 1 aromatic carbocycles. The van der Waals surface area contributed by atoms with Crippen LogP contribution in [0.3, 0.4) is 0 Å². The number of nitrogens with two attached hydrogens (primary N) is 1. The first-order valence-electron chi connectivity index (χ1n) is 4.49. The Kier molecular flexibility index (Phi) is 2.28. The highest BCUT2D eigenvalue weighted by molar-refractivity contribution is 9.10. The van der Waals surface area contributed by atoms with E-state index in [4.69, 9.17) is 5.73 Å². The topological polar surface area (TPSA) is 46.2 Å². The molecule has 1 aromatic rings. The van der Waals surface area contributed by atoms with Crippen molar-refractivity contribution in [2.45, 2.75) is 24.3 Å². The van der Waals surface area contributed by atoms with Gasteiger partial charge in [-0.1, -0.05) is 12.1 Å². The van der Waals surface area contributed by atoms with Crippen LogP contribution in [0.5, 0.6) is 5.75 Å². The molecule has 1 aliphatic rings. The van der Waals surface area contributed by atoms with E-state index in [1.807, 2.05) is 0 Å². The Balaban J connectivity index is 2.36. The zero-order valence-corrected chi connectivity index (χ0v) is 9.39. The Morgan fingerprint density at radius 2 is 1.93 bits per heavy atom. The molecule has 1 fully saturated rings. The molecule has 0 atom stereocenters. The van der Waals surface area contributed by atoms with Crippen LogP contribution in [0.15, 0.2) is 22.7 Å². The van der Waals surface area contributed by atoms with Gasteiger partial charge in [0.15, 0.2) is 0 Å². The van der Waals surface area contributed by atoms with Gasteiger partial charge < -0.3 is 10.8 Å². The van der Waals surface area contributed by atoms with Gasteiger partial charge in [-0.2, -0.15) is 0 Å². The highest BCUT2D eigenvalue weighted by Crippen LogP contribution is 2.52. The van der Waals surface area contributed by atoms with E-state index in [1.54, 1.807) is 12.1 Å². The maximum absolute atomic E-state index is 12.8. The van der Waals surface area contributed by atoms with Gasteiger partial charge in [-0.05, 0) is 27.6 Å². The van der Waals surface area contributed by atoms with Crippen LogP contribution in [0.25, 0.3) is 0 Å². The summed E-state index contributed by atoms with van der Waals surface area (Å²) in [5.74, 6) is -2.66. The molecule has 0 bridgehead atoms. The van der Waals surface area contributed by atoms with Crippen molar-refractivity contribution in [2.24, 2.45) is 5.73 Å². The zero-order chi connectivity index (χ0) is 11.3. The van der Waals surface area contributed by atoms with Gasteiger partial charge in [0.2, 0.25) is 0 Å². The van der Waals surface area contributed by atoms with Gasteiger partial charge in [0.05, 0.1) is 10.0 Å². The molecule has 1 saturated carbocycles. The van der Waals surface area contributed by atoms with Crippen LogP contribution >= 0.6 is 15.9 Å². The third-order valence-corrected chi connectivity index (χ3v) is 3.50. The van der Waals surface area contributed by atoms with Gasteiger partial charge in [0, 0.05) is 12.8 Å². The van der Waals surface area contributed by atoms with Crippen LogP contribution < -0.4 is 5.73 Å². The summed E-state index contributed by atoms with van der Waals surface area (Å²) >= 11 is 3.15. The van der Waals surface area contributed by atoms with Crippen molar-refractivity contribution < 1.29 is 13.9 Å². The lowest BCUT2D eigenvalue weighted by Gasteiger charge is -2.45. The van der Waals surface area contributed by atoms with E-state index in [1.165, 1.54) is 6.07 Å². The summed E-state index contributed by atoms with van der Waals surface area (Å²) < 4.78 is 26.0. The number of rotatable bonds is 1. The van der Waals surface area contributed by atoms with E-state index in [-0.39, 0.29) is 18.6 Å². The number of phenolic OH excluding ortho intramolecular Hbond substituents is 1. The molecule has 0 unspecified atom stereocenters. The fraction of sp³-hybridized carbons (Fsp3) is 0.400. The summed E-state index contributed by atoms with van der Waals surface area (Å²) in [6.07, 6.45) is -0.746. The second-order valence-corrected chi connectivity index (χ2v) is 4.80. The van der Waals surface area contributed by atoms with Gasteiger partial charge >= 0.3 is 0 Å². The van der Waals surface area contributed by atoms with Gasteiger partial charge in [-0.15, -0.1) is 0 Å². The number of phenols is 1. The van der Waals surface area contributed by atoms with E-state index in [9.17, 15) is 13.9 Å². The maximum Gasteiger partial charge on any atom is 0.252 e. The van der Waals surface area contributed by atoms with Gasteiger partial charge in [-0.25, -0.2) is 8.78 Å². The summed E-state index contributed by atoms with van der Waals surface area (Å²) in [7, 11) is 0. The molecule has 0 amide bonds. The first-order valence-corrected chi connectivity index (χ1v) is 5.28. The lowest BCUT2D eigenvalue weighted by Crippen LogP contribution is -2.55. The number of aromatic hydroxyl groups is 1. The summed E-state index contributed by atoms with van der Waals surface area (Å²) in [5, 5.41) is 9.42. The normalized spacial score (nSPS) is 22.1. The van der Waals surface area contributed by atoms with Gasteiger partial charge in [0.25, 0.3) is 5.92 Å². The minimum absolute atomic E-state index is 0.0209. The van der Waals surface area contributed by atoms with E-state index < -0.39 is 11.5 Å². The fourth-order valence-electron chi connectivity index (χ4n) is 1.97. The Morgan fingerprint density at radius 1 is 1.33 bits per heavy atom. The van der Waals surface area contributed by atoms with E-state index in [0.717, 1.165) is 0 Å². The van der Waals surface area contributed by atoms with Crippen molar-refractivity contribution in [3.63, 3.8) is 0 Å². The smallest absolute Gasteiger partial charge is 0.252 e. The van der Waals surface area contributed by atoms with Crippen LogP contribution in [0.4, 0.5) is 8.78 Å². The van der Waals surface area contributed by atoms with Gasteiger partial charge in [-0.3, -0.25) is 0 Å². The monoisotopic (exact) mass is 277 g/mol. The standard InChI is InChI=1S/C10H10BrF2NO/c11-8-6(2-1-3-7(8)15)9(14)4-10(12,13)5-9/h1-3,15H,4-5,14H2. The maximum atomic E-state index is 12.8. The predicted octanol–water partition coefficient (Wildman–Crippen LogP) is 2.74. The summed E-state index contributed by atoms with van der Waals surface area (Å²) in [4.78, 5) is 0. The van der Waals surface area contributed by atoms with Crippen LogP contribution in [0.1, 0.15) is 18.4 Å². The highest BCUT2D eigenvalue weighted by Gasteiger charge is 2.55. The second-order valence-electron chi connectivity index (χ2n) is 4.00. The summed E-state index contributed by atoms with van der Waals surface area (Å²) in [6.45, 7) is 0. The van der Waals surface area contributed by atoms with Crippen molar-refractivity contribution in [3.05, 3.63) is 28.2 Å². The highest BCUT2D eigenvalue weighted by atomic mass is 79.9. The average Bonchev–Trinajstić information content (AvgIpc) is 2.05. The van der Waals surface area contributed by atoms with E-state index >= 15 is 0 Å². The number of alkyl halides is 2. The van der Waals surface area contributed by atoms with Crippen molar-refractivity contribution in [1.29, 1.82) is 0 Å². The number of halogens is 3. The zero-order valence-electron chi connectivity index (χ0n) is 7.80. The first kappa shape index (κ1) is 10.8. The Bertz CT molecular complexity index is 400. The molecule has 15 heavy (non-hydrogen) atoms. The van der Waals surface area contributed by atoms with E-state index in [2.05, 4.69) is 15.9 Å². The predicted molar refractivity (Wildman–Crippen MR) is 55.9 cm³/mol. The lowest BCUT2D eigenvalue weighted by atomic mass is 9.70. The molecular weight excluding hydrogens is 268 g/mol. The Morgan fingerprint density at radius 3 is 2.47 bits per heavy atom. The molecule has 5 heteroatoms. The second kappa shape index (κ2) is 3.15. The Labute approximate surface area is 94.2 Å². The molecule has 0 saturated heterocycles. The van der Waals surface area contributed by atoms with Crippen molar-refractivity contribution in [3.8, 4) is 5.75 Å². The average molecular weight is 278 g/mol. The molecule has 0 radical (unpaired) electrons. The first-order chi connectivity index (χ1) is 6.84. The summed E-state index contributed by atoms with van der Waals surface area (Å²) in [5.41, 5.74) is 5.36. The van der Waals surface area contributed by atoms with Crippen molar-refractivity contribution in [2.75, 3.05) is 0 Å². The minimum atomic E-state index is -2.68. The fourth-order valence-corrected chi connectivity index (χ4v) is 2.63. The molecule has 2 rings (SSSR count). The molecular formula is C10H10BrF2NO. The molecule has 0 heterocycles. The van der Waals surface area contributed by atoms with Crippen LogP contribution in [0.2, 0.25) is 0 Å². The minimum Gasteiger partial charge on any atom is -0.507 e. The van der Waals surface area contributed by atoms with Crippen LogP contribution in [-0.4, -0.2) is 11.0 Å². The lowest BCUT2D eigenvalue weighted by molar-refractivity contribution is -0.125. The SMILES string of the molecule is NC1(c2cccc(O)c2Br)CC(F)(F)C1. The van der Waals surface area contributed by atoms with Crippen LogP contribution in [0, 0.1) is 0 Å². The largest absolute Gasteiger partial charge is 0.507 e. The molecule has 0 aromatic heterocycles. The molecule has 0 spiro atoms. The molecule has 3 N–H and O–H groups in total. The number of hydrogen-bond acceptors (Lipinski definition) is 2. The summed E-state index contributed by atoms with van der Waals surface area (Å²) in [6, 6.07) is 4.73. The van der Waals surface area contributed by atoms with Crippen molar-refractivity contribution in [1.82, 2.24) is 0 Å². The third kappa shape index (κ3) is 1.74. The van der Waals surface area contributed by atoms with Crippen molar-refractivity contribution >= 4 is 15.9 Å². The molecule has 82 valence electrons. The van der Waals surface area contributed by atoms with Gasteiger partial charge in [0.1, 0.15) is 5.75 Å². The quantitative estimate of drug-likeness (QED) is 0.829. The molecule has 2 nitrogen and oxygen atoms in total. The Hall–Kier alpha value is -0.680. The number of benzene rings is 1. The molecule has 0 aliphatic heterocycles. The van der Waals surface area contributed by atoms with Crippen LogP contribution in [-0.2, 0) is 5.54 Å². The number of hydrogen-bond donors (Lipinski definition) is 2. The van der Waals surface area contributed by atoms with E-state index in [0.29, 0.717) is 10.0 Å².